The molecule has 0 saturated heterocycles. The van der Waals surface area contributed by atoms with Crippen molar-refractivity contribution < 1.29 is 0 Å². The Labute approximate surface area is 196 Å². The van der Waals surface area contributed by atoms with Gasteiger partial charge < -0.3 is 0 Å². The van der Waals surface area contributed by atoms with Gasteiger partial charge in [0.25, 0.3) is 0 Å². The van der Waals surface area contributed by atoms with Crippen LogP contribution in [0, 0.1) is 0 Å². The summed E-state index contributed by atoms with van der Waals surface area (Å²) in [5.41, 5.74) is 3.71. The number of rotatable bonds is 4. The summed E-state index contributed by atoms with van der Waals surface area (Å²) in [6, 6.07) is 12.3. The van der Waals surface area contributed by atoms with Gasteiger partial charge in [0, 0.05) is 40.0 Å². The van der Waals surface area contributed by atoms with Gasteiger partial charge in [-0.2, -0.15) is 0 Å². The third kappa shape index (κ3) is 4.34. The van der Waals surface area contributed by atoms with E-state index in [1.165, 1.54) is 0 Å². The third-order valence-electron chi connectivity index (χ3n) is 6.06. The molecule has 0 saturated carbocycles. The summed E-state index contributed by atoms with van der Waals surface area (Å²) in [6.07, 6.45) is 7.52. The van der Waals surface area contributed by atoms with Crippen LogP contribution in [0.15, 0.2) is 61.4 Å². The Balaban J connectivity index is 1.75. The maximum Gasteiger partial charge on any atom is 0.138 e. The zero-order chi connectivity index (χ0) is 24.0. The summed E-state index contributed by atoms with van der Waals surface area (Å²) in [4.78, 5) is 18.9. The molecule has 0 aliphatic heterocycles. The molecule has 4 aromatic rings. The molecule has 0 fully saturated rings. The second kappa shape index (κ2) is 7.94. The molecule has 0 N–H and O–H groups in total. The van der Waals surface area contributed by atoms with E-state index in [9.17, 15) is 0 Å². The summed E-state index contributed by atoms with van der Waals surface area (Å²) >= 11 is 0. The zero-order valence-corrected chi connectivity index (χ0v) is 21.0. The quantitative estimate of drug-likeness (QED) is 0.403. The van der Waals surface area contributed by atoms with Crippen LogP contribution < -0.4 is 0 Å². The molecule has 4 rings (SSSR count). The van der Waals surface area contributed by atoms with Crippen molar-refractivity contribution in [3.8, 4) is 11.6 Å². The van der Waals surface area contributed by atoms with Gasteiger partial charge in [0.1, 0.15) is 24.3 Å². The van der Waals surface area contributed by atoms with Crippen LogP contribution >= 0.6 is 0 Å². The predicted octanol–water partition coefficient (Wildman–Crippen LogP) is 5.77. The number of imidazole rings is 2. The van der Waals surface area contributed by atoms with E-state index < -0.39 is 5.41 Å². The molecule has 4 aromatic heterocycles. The molecule has 0 radical (unpaired) electrons. The minimum Gasteiger partial charge on any atom is -0.287 e. The van der Waals surface area contributed by atoms with Gasteiger partial charge in [-0.25, -0.2) is 19.9 Å². The lowest BCUT2D eigenvalue weighted by atomic mass is 9.84. The molecule has 172 valence electrons. The van der Waals surface area contributed by atoms with Gasteiger partial charge in [-0.05, 0) is 38.1 Å². The summed E-state index contributed by atoms with van der Waals surface area (Å²) in [7, 11) is 0. The molecule has 0 unspecified atom stereocenters. The van der Waals surface area contributed by atoms with Gasteiger partial charge in [0.15, 0.2) is 0 Å². The summed E-state index contributed by atoms with van der Waals surface area (Å²) in [5, 5.41) is 0. The van der Waals surface area contributed by atoms with Crippen molar-refractivity contribution in [3.63, 3.8) is 0 Å². The SMILES string of the molecule is CC(C)(C)c1cncn1-c1cccc(C(C)(C)c2cccc(-n3cncc3C(C)(C)C)n2)n1. The largest absolute Gasteiger partial charge is 0.287 e. The average Bonchev–Trinajstić information content (AvgIpc) is 3.43. The predicted molar refractivity (Wildman–Crippen MR) is 132 cm³/mol. The van der Waals surface area contributed by atoms with E-state index in [1.54, 1.807) is 0 Å². The van der Waals surface area contributed by atoms with Crippen molar-refractivity contribution in [3.05, 3.63) is 84.2 Å². The molecule has 0 aliphatic rings. The molecular formula is C27H34N6. The van der Waals surface area contributed by atoms with Gasteiger partial charge in [-0.1, -0.05) is 53.7 Å². The van der Waals surface area contributed by atoms with E-state index >= 15 is 0 Å². The van der Waals surface area contributed by atoms with Crippen LogP contribution in [0.1, 0.15) is 78.2 Å². The van der Waals surface area contributed by atoms with Crippen molar-refractivity contribution >= 4 is 0 Å². The highest BCUT2D eigenvalue weighted by molar-refractivity contribution is 5.38. The smallest absolute Gasteiger partial charge is 0.138 e. The number of hydrogen-bond donors (Lipinski definition) is 0. The first-order valence-corrected chi connectivity index (χ1v) is 11.4. The van der Waals surface area contributed by atoms with E-state index in [0.717, 1.165) is 34.4 Å². The molecule has 0 atom stereocenters. The fourth-order valence-electron chi connectivity index (χ4n) is 4.01. The highest BCUT2D eigenvalue weighted by Gasteiger charge is 2.28. The molecule has 0 bridgehead atoms. The van der Waals surface area contributed by atoms with E-state index in [-0.39, 0.29) is 10.8 Å². The van der Waals surface area contributed by atoms with E-state index in [0.29, 0.717) is 0 Å². The first-order chi connectivity index (χ1) is 15.4. The fraction of sp³-hybridized carbons (Fsp3) is 0.407. The highest BCUT2D eigenvalue weighted by Crippen LogP contribution is 2.32. The summed E-state index contributed by atoms with van der Waals surface area (Å²) < 4.78 is 4.15. The van der Waals surface area contributed by atoms with Gasteiger partial charge >= 0.3 is 0 Å². The summed E-state index contributed by atoms with van der Waals surface area (Å²) in [5.74, 6) is 1.73. The van der Waals surface area contributed by atoms with Crippen LogP contribution in [-0.2, 0) is 16.2 Å². The van der Waals surface area contributed by atoms with Crippen LogP contribution in [0.25, 0.3) is 11.6 Å². The van der Waals surface area contributed by atoms with E-state index in [4.69, 9.17) is 9.97 Å². The molecule has 6 heteroatoms. The molecule has 0 aliphatic carbocycles. The third-order valence-corrected chi connectivity index (χ3v) is 6.06. The maximum atomic E-state index is 5.05. The van der Waals surface area contributed by atoms with Crippen LogP contribution in [0.3, 0.4) is 0 Å². The molecular weight excluding hydrogens is 408 g/mol. The monoisotopic (exact) mass is 442 g/mol. The Morgan fingerprint density at radius 2 is 0.970 bits per heavy atom. The molecule has 0 amide bonds. The minimum absolute atomic E-state index is 0.0326. The van der Waals surface area contributed by atoms with Gasteiger partial charge in [-0.3, -0.25) is 9.13 Å². The van der Waals surface area contributed by atoms with Gasteiger partial charge in [-0.15, -0.1) is 0 Å². The van der Waals surface area contributed by atoms with Gasteiger partial charge in [0.05, 0.1) is 11.4 Å². The van der Waals surface area contributed by atoms with E-state index in [1.807, 2.05) is 37.2 Å². The Hall–Kier alpha value is -3.28. The molecule has 0 spiro atoms. The second-order valence-corrected chi connectivity index (χ2v) is 11.2. The Kier molecular flexibility index (Phi) is 5.51. The summed E-state index contributed by atoms with van der Waals surface area (Å²) in [6.45, 7) is 17.5. The molecule has 0 aromatic carbocycles. The first-order valence-electron chi connectivity index (χ1n) is 11.4. The Morgan fingerprint density at radius 1 is 0.576 bits per heavy atom. The first kappa shape index (κ1) is 22.9. The fourth-order valence-corrected chi connectivity index (χ4v) is 4.01. The van der Waals surface area contributed by atoms with E-state index in [2.05, 4.69) is 98.8 Å². The molecule has 33 heavy (non-hydrogen) atoms. The topological polar surface area (TPSA) is 61.4 Å². The average molecular weight is 443 g/mol. The lowest BCUT2D eigenvalue weighted by Crippen LogP contribution is -2.24. The van der Waals surface area contributed by atoms with Crippen molar-refractivity contribution in [1.29, 1.82) is 0 Å². The minimum atomic E-state index is -0.392. The molecule has 6 nitrogen and oxygen atoms in total. The normalized spacial score (nSPS) is 12.8. The Bertz CT molecular complexity index is 1170. The number of nitrogens with zero attached hydrogens (tertiary/aromatic N) is 6. The lowest BCUT2D eigenvalue weighted by Gasteiger charge is -2.26. The van der Waals surface area contributed by atoms with Crippen LogP contribution in [-0.4, -0.2) is 29.1 Å². The van der Waals surface area contributed by atoms with Crippen molar-refractivity contribution in [2.24, 2.45) is 0 Å². The van der Waals surface area contributed by atoms with Crippen molar-refractivity contribution in [2.45, 2.75) is 71.6 Å². The maximum absolute atomic E-state index is 5.05. The number of pyridine rings is 2. The van der Waals surface area contributed by atoms with Gasteiger partial charge in [0.2, 0.25) is 0 Å². The molecule has 4 heterocycles. The lowest BCUT2D eigenvalue weighted by molar-refractivity contribution is 0.548. The van der Waals surface area contributed by atoms with Crippen LogP contribution in [0.5, 0.6) is 0 Å². The highest BCUT2D eigenvalue weighted by atomic mass is 15.1. The Morgan fingerprint density at radius 3 is 1.33 bits per heavy atom. The van der Waals surface area contributed by atoms with Crippen molar-refractivity contribution in [2.75, 3.05) is 0 Å². The van der Waals surface area contributed by atoms with Crippen molar-refractivity contribution in [1.82, 2.24) is 29.1 Å². The zero-order valence-electron chi connectivity index (χ0n) is 21.0. The second-order valence-electron chi connectivity index (χ2n) is 11.2. The number of hydrogen-bond acceptors (Lipinski definition) is 4. The standard InChI is InChI=1S/C27H34N6/c1-25(2,3)21-15-28-17-32(21)23-13-9-11-19(30-23)27(7,8)20-12-10-14-24(31-20)33-18-29-16-22(33)26(4,5)6/h9-18H,1-8H3. The van der Waals surface area contributed by atoms with Crippen LogP contribution in [0.2, 0.25) is 0 Å². The number of aromatic nitrogens is 6. The van der Waals surface area contributed by atoms with Crippen LogP contribution in [0.4, 0.5) is 0 Å².